The van der Waals surface area contributed by atoms with Gasteiger partial charge in [-0.1, -0.05) is 46.6 Å². The van der Waals surface area contributed by atoms with Crippen LogP contribution in [0.25, 0.3) is 11.8 Å². The van der Waals surface area contributed by atoms with Gasteiger partial charge >= 0.3 is 0 Å². The fraction of sp³-hybridized carbons (Fsp3) is 0.150. The molecule has 7 heteroatoms. The third kappa shape index (κ3) is 4.21. The third-order valence-corrected chi connectivity index (χ3v) is 4.64. The first-order valence-electron chi connectivity index (χ1n) is 8.24. The van der Waals surface area contributed by atoms with Crippen LogP contribution in [0.1, 0.15) is 21.7 Å². The molecule has 0 N–H and O–H groups in total. The number of benzene rings is 2. The zero-order valence-corrected chi connectivity index (χ0v) is 16.7. The minimum Gasteiger partial charge on any atom is -0.378 e. The van der Waals surface area contributed by atoms with Crippen LogP contribution < -0.4 is 4.90 Å². The number of halogens is 2. The number of allylic oxidation sites excluding steroid dienone is 1. The number of rotatable bonds is 5. The zero-order valence-electron chi connectivity index (χ0n) is 15.1. The average Bonchev–Trinajstić information content (AvgIpc) is 3.01. The zero-order chi connectivity index (χ0) is 19.6. The van der Waals surface area contributed by atoms with Gasteiger partial charge in [-0.25, -0.2) is 4.68 Å². The Labute approximate surface area is 167 Å². The summed E-state index contributed by atoms with van der Waals surface area (Å²) in [5.74, 6) is -0.222. The third-order valence-electron chi connectivity index (χ3n) is 4.10. The Hall–Kier alpha value is -2.63. The van der Waals surface area contributed by atoms with E-state index in [-0.39, 0.29) is 11.5 Å². The smallest absolute Gasteiger partial charge is 0.208 e. The van der Waals surface area contributed by atoms with Crippen molar-refractivity contribution in [2.24, 2.45) is 0 Å². The standard InChI is InChI=1S/C20H18Cl2N4O/c1-13-20(23-24-26(13)18-10-7-15(21)12-17(18)22)19(27)11-6-14-4-8-16(9-5-14)25(2)3/h4-12H,1-3H3/b11-6+. The highest BCUT2D eigenvalue weighted by Gasteiger charge is 2.16. The van der Waals surface area contributed by atoms with Gasteiger partial charge in [0.25, 0.3) is 0 Å². The number of aromatic nitrogens is 3. The fourth-order valence-electron chi connectivity index (χ4n) is 2.57. The molecule has 0 aliphatic rings. The second-order valence-electron chi connectivity index (χ2n) is 6.21. The van der Waals surface area contributed by atoms with Crippen molar-refractivity contribution in [3.05, 3.63) is 75.5 Å². The van der Waals surface area contributed by atoms with Crippen molar-refractivity contribution >= 4 is 40.7 Å². The summed E-state index contributed by atoms with van der Waals surface area (Å²) in [7, 11) is 3.96. The number of ketones is 1. The molecule has 0 spiro atoms. The first kappa shape index (κ1) is 19.1. The van der Waals surface area contributed by atoms with Gasteiger partial charge in [0.2, 0.25) is 5.78 Å². The van der Waals surface area contributed by atoms with Crippen LogP contribution in [0.4, 0.5) is 5.69 Å². The van der Waals surface area contributed by atoms with Gasteiger partial charge in [0.15, 0.2) is 5.69 Å². The molecular formula is C20H18Cl2N4O. The van der Waals surface area contributed by atoms with Crippen LogP contribution in [0.5, 0.6) is 0 Å². The normalized spacial score (nSPS) is 11.1. The molecule has 0 amide bonds. The van der Waals surface area contributed by atoms with E-state index in [1.165, 1.54) is 10.8 Å². The summed E-state index contributed by atoms with van der Waals surface area (Å²) < 4.78 is 1.53. The number of carbonyl (C=O) groups excluding carboxylic acids is 1. The van der Waals surface area contributed by atoms with Gasteiger partial charge in [-0.2, -0.15) is 0 Å². The highest BCUT2D eigenvalue weighted by Crippen LogP contribution is 2.25. The minimum atomic E-state index is -0.222. The number of hydrogen-bond donors (Lipinski definition) is 0. The molecule has 2 aromatic carbocycles. The molecule has 27 heavy (non-hydrogen) atoms. The molecule has 0 fully saturated rings. The number of nitrogens with zero attached hydrogens (tertiary/aromatic N) is 4. The topological polar surface area (TPSA) is 51.0 Å². The Morgan fingerprint density at radius 3 is 2.44 bits per heavy atom. The van der Waals surface area contributed by atoms with E-state index >= 15 is 0 Å². The lowest BCUT2D eigenvalue weighted by Crippen LogP contribution is -2.07. The summed E-state index contributed by atoms with van der Waals surface area (Å²) in [6, 6.07) is 13.0. The highest BCUT2D eigenvalue weighted by atomic mass is 35.5. The molecule has 3 rings (SSSR count). The molecule has 0 unspecified atom stereocenters. The van der Waals surface area contributed by atoms with Crippen molar-refractivity contribution in [2.75, 3.05) is 19.0 Å². The van der Waals surface area contributed by atoms with Gasteiger partial charge in [0, 0.05) is 24.8 Å². The summed E-state index contributed by atoms with van der Waals surface area (Å²) in [4.78, 5) is 14.5. The molecule has 1 aromatic heterocycles. The van der Waals surface area contributed by atoms with Crippen LogP contribution >= 0.6 is 23.2 Å². The second-order valence-corrected chi connectivity index (χ2v) is 7.06. The maximum atomic E-state index is 12.5. The van der Waals surface area contributed by atoms with E-state index in [0.717, 1.165) is 11.3 Å². The van der Waals surface area contributed by atoms with E-state index in [1.54, 1.807) is 31.2 Å². The van der Waals surface area contributed by atoms with Crippen LogP contribution in [0.15, 0.2) is 48.5 Å². The summed E-state index contributed by atoms with van der Waals surface area (Å²) in [6.45, 7) is 1.78. The van der Waals surface area contributed by atoms with Crippen molar-refractivity contribution in [3.8, 4) is 5.69 Å². The molecular weight excluding hydrogens is 383 g/mol. The van der Waals surface area contributed by atoms with E-state index < -0.39 is 0 Å². The lowest BCUT2D eigenvalue weighted by Gasteiger charge is -2.11. The molecule has 0 saturated heterocycles. The predicted octanol–water partition coefficient (Wildman–Crippen LogP) is 4.84. The average molecular weight is 401 g/mol. The Morgan fingerprint density at radius 2 is 1.81 bits per heavy atom. The first-order valence-corrected chi connectivity index (χ1v) is 9.00. The maximum Gasteiger partial charge on any atom is 0.208 e. The number of anilines is 1. The predicted molar refractivity (Wildman–Crippen MR) is 110 cm³/mol. The lowest BCUT2D eigenvalue weighted by atomic mass is 10.1. The Balaban J connectivity index is 1.82. The van der Waals surface area contributed by atoms with E-state index in [9.17, 15) is 4.79 Å². The quantitative estimate of drug-likeness (QED) is 0.453. The van der Waals surface area contributed by atoms with E-state index in [4.69, 9.17) is 23.2 Å². The van der Waals surface area contributed by atoms with Crippen LogP contribution in [-0.2, 0) is 0 Å². The Bertz CT molecular complexity index is 1010. The SMILES string of the molecule is Cc1c(C(=O)/C=C/c2ccc(N(C)C)cc2)nnn1-c1ccc(Cl)cc1Cl. The molecule has 0 saturated carbocycles. The fourth-order valence-corrected chi connectivity index (χ4v) is 3.06. The first-order chi connectivity index (χ1) is 12.9. The van der Waals surface area contributed by atoms with Crippen molar-refractivity contribution in [1.82, 2.24) is 15.0 Å². The molecule has 0 atom stereocenters. The molecule has 0 aliphatic heterocycles. The van der Waals surface area contributed by atoms with Crippen molar-refractivity contribution < 1.29 is 4.79 Å². The molecule has 5 nitrogen and oxygen atoms in total. The van der Waals surface area contributed by atoms with Gasteiger partial charge in [-0.05, 0) is 48.9 Å². The van der Waals surface area contributed by atoms with Crippen LogP contribution in [-0.4, -0.2) is 34.9 Å². The summed E-state index contributed by atoms with van der Waals surface area (Å²) >= 11 is 12.2. The second kappa shape index (κ2) is 7.94. The maximum absolute atomic E-state index is 12.5. The van der Waals surface area contributed by atoms with Crippen LogP contribution in [0.3, 0.4) is 0 Å². The number of carbonyl (C=O) groups is 1. The van der Waals surface area contributed by atoms with Crippen molar-refractivity contribution in [3.63, 3.8) is 0 Å². The summed E-state index contributed by atoms with van der Waals surface area (Å²) in [5.41, 5.74) is 3.53. The van der Waals surface area contributed by atoms with Crippen molar-refractivity contribution in [1.29, 1.82) is 0 Å². The van der Waals surface area contributed by atoms with Crippen molar-refractivity contribution in [2.45, 2.75) is 6.92 Å². The van der Waals surface area contributed by atoms with Crippen LogP contribution in [0.2, 0.25) is 10.0 Å². The molecule has 138 valence electrons. The van der Waals surface area contributed by atoms with E-state index in [2.05, 4.69) is 10.3 Å². The Kier molecular flexibility index (Phi) is 5.63. The molecule has 0 aliphatic carbocycles. The number of hydrogen-bond acceptors (Lipinski definition) is 4. The van der Waals surface area contributed by atoms with Gasteiger partial charge < -0.3 is 4.90 Å². The van der Waals surface area contributed by atoms with Gasteiger partial charge in [0.1, 0.15) is 0 Å². The van der Waals surface area contributed by atoms with Gasteiger partial charge in [-0.3, -0.25) is 4.79 Å². The monoisotopic (exact) mass is 400 g/mol. The summed E-state index contributed by atoms with van der Waals surface area (Å²) in [5, 5.41) is 9.05. The largest absolute Gasteiger partial charge is 0.378 e. The van der Waals surface area contributed by atoms with E-state index in [1.807, 2.05) is 43.3 Å². The van der Waals surface area contributed by atoms with Gasteiger partial charge in [-0.15, -0.1) is 5.10 Å². The Morgan fingerprint density at radius 1 is 1.11 bits per heavy atom. The highest BCUT2D eigenvalue weighted by molar-refractivity contribution is 6.35. The van der Waals surface area contributed by atoms with E-state index in [0.29, 0.717) is 21.4 Å². The molecule has 0 radical (unpaired) electrons. The molecule has 1 heterocycles. The van der Waals surface area contributed by atoms with Crippen LogP contribution in [0, 0.1) is 6.92 Å². The molecule has 3 aromatic rings. The minimum absolute atomic E-state index is 0.222. The summed E-state index contributed by atoms with van der Waals surface area (Å²) in [6.07, 6.45) is 3.25. The van der Waals surface area contributed by atoms with Gasteiger partial charge in [0.05, 0.1) is 16.4 Å². The lowest BCUT2D eigenvalue weighted by molar-refractivity contribution is 0.104. The molecule has 0 bridgehead atoms.